The standard InChI is InChI=1S/C15H16FN3O/c1-18-10-8-17-14(18)15(20)19-9-2-3-13(19)11-4-6-12(16)7-5-11/h4-8,10,13H,2-3,9H2,1H3/t13-/m0/s1. The molecule has 2 heterocycles. The van der Waals surface area contributed by atoms with E-state index in [1.165, 1.54) is 12.1 Å². The van der Waals surface area contributed by atoms with Crippen LogP contribution in [0, 0.1) is 5.82 Å². The van der Waals surface area contributed by atoms with Gasteiger partial charge in [-0.3, -0.25) is 4.79 Å². The van der Waals surface area contributed by atoms with Gasteiger partial charge in [-0.15, -0.1) is 0 Å². The Balaban J connectivity index is 1.87. The van der Waals surface area contributed by atoms with Crippen molar-refractivity contribution in [2.24, 2.45) is 7.05 Å². The van der Waals surface area contributed by atoms with Crippen molar-refractivity contribution in [3.63, 3.8) is 0 Å². The minimum Gasteiger partial charge on any atom is -0.330 e. The van der Waals surface area contributed by atoms with Crippen molar-refractivity contribution < 1.29 is 9.18 Å². The molecule has 1 aliphatic rings. The molecule has 1 aromatic heterocycles. The van der Waals surface area contributed by atoms with Gasteiger partial charge < -0.3 is 9.47 Å². The van der Waals surface area contributed by atoms with Gasteiger partial charge >= 0.3 is 0 Å². The van der Waals surface area contributed by atoms with Crippen LogP contribution >= 0.6 is 0 Å². The SMILES string of the molecule is Cn1ccnc1C(=O)N1CCC[C@H]1c1ccc(F)cc1. The van der Waals surface area contributed by atoms with Gasteiger partial charge in [0, 0.05) is 26.0 Å². The van der Waals surface area contributed by atoms with E-state index in [-0.39, 0.29) is 17.8 Å². The molecule has 0 aliphatic carbocycles. The van der Waals surface area contributed by atoms with Gasteiger partial charge in [0.1, 0.15) is 5.82 Å². The lowest BCUT2D eigenvalue weighted by atomic mass is 10.0. The number of hydrogen-bond acceptors (Lipinski definition) is 2. The van der Waals surface area contributed by atoms with Crippen LogP contribution in [0.3, 0.4) is 0 Å². The van der Waals surface area contributed by atoms with Crippen LogP contribution in [0.25, 0.3) is 0 Å². The monoisotopic (exact) mass is 273 g/mol. The summed E-state index contributed by atoms with van der Waals surface area (Å²) in [5.74, 6) is 0.122. The van der Waals surface area contributed by atoms with Crippen LogP contribution in [-0.4, -0.2) is 26.9 Å². The molecule has 0 N–H and O–H groups in total. The summed E-state index contributed by atoms with van der Waals surface area (Å²) >= 11 is 0. The number of hydrogen-bond donors (Lipinski definition) is 0. The van der Waals surface area contributed by atoms with E-state index in [0.717, 1.165) is 18.4 Å². The molecular formula is C15H16FN3O. The highest BCUT2D eigenvalue weighted by molar-refractivity contribution is 5.91. The van der Waals surface area contributed by atoms with Crippen molar-refractivity contribution in [2.45, 2.75) is 18.9 Å². The average Bonchev–Trinajstić information content (AvgIpc) is 3.07. The quantitative estimate of drug-likeness (QED) is 0.843. The topological polar surface area (TPSA) is 38.1 Å². The maximum absolute atomic E-state index is 13.0. The van der Waals surface area contributed by atoms with Gasteiger partial charge in [0.15, 0.2) is 5.82 Å². The van der Waals surface area contributed by atoms with Crippen LogP contribution in [0.15, 0.2) is 36.7 Å². The van der Waals surface area contributed by atoms with E-state index in [1.807, 2.05) is 11.9 Å². The number of likely N-dealkylation sites (tertiary alicyclic amines) is 1. The summed E-state index contributed by atoms with van der Waals surface area (Å²) in [7, 11) is 1.81. The van der Waals surface area contributed by atoms with Crippen molar-refractivity contribution >= 4 is 5.91 Å². The number of amides is 1. The molecule has 0 bridgehead atoms. The highest BCUT2D eigenvalue weighted by atomic mass is 19.1. The molecule has 0 spiro atoms. The molecule has 20 heavy (non-hydrogen) atoms. The second-order valence-electron chi connectivity index (χ2n) is 5.07. The number of nitrogens with zero attached hydrogens (tertiary/aromatic N) is 3. The minimum atomic E-state index is -0.256. The molecule has 1 amide bonds. The summed E-state index contributed by atoms with van der Waals surface area (Å²) < 4.78 is 14.7. The third-order valence-electron chi connectivity index (χ3n) is 3.78. The summed E-state index contributed by atoms with van der Waals surface area (Å²) in [6.45, 7) is 0.716. The van der Waals surface area contributed by atoms with Crippen LogP contribution < -0.4 is 0 Å². The minimum absolute atomic E-state index is 0.0137. The van der Waals surface area contributed by atoms with E-state index in [9.17, 15) is 9.18 Å². The molecule has 3 rings (SSSR count). The van der Waals surface area contributed by atoms with E-state index in [1.54, 1.807) is 29.1 Å². The Morgan fingerprint density at radius 3 is 2.75 bits per heavy atom. The lowest BCUT2D eigenvalue weighted by Crippen LogP contribution is -2.32. The Kier molecular flexibility index (Phi) is 3.26. The number of carbonyl (C=O) groups is 1. The van der Waals surface area contributed by atoms with Crippen LogP contribution in [0.4, 0.5) is 4.39 Å². The number of aryl methyl sites for hydroxylation is 1. The van der Waals surface area contributed by atoms with Crippen LogP contribution in [0.5, 0.6) is 0 Å². The highest BCUT2D eigenvalue weighted by Gasteiger charge is 2.32. The van der Waals surface area contributed by atoms with Crippen molar-refractivity contribution in [1.29, 1.82) is 0 Å². The van der Waals surface area contributed by atoms with E-state index in [2.05, 4.69) is 4.98 Å². The summed E-state index contributed by atoms with van der Waals surface area (Å²) in [4.78, 5) is 18.5. The van der Waals surface area contributed by atoms with Crippen LogP contribution in [0.2, 0.25) is 0 Å². The van der Waals surface area contributed by atoms with Gasteiger partial charge in [0.2, 0.25) is 0 Å². The molecule has 104 valence electrons. The second kappa shape index (κ2) is 5.07. The van der Waals surface area contributed by atoms with Gasteiger partial charge in [-0.05, 0) is 30.5 Å². The fourth-order valence-electron chi connectivity index (χ4n) is 2.74. The Bertz CT molecular complexity index is 620. The lowest BCUT2D eigenvalue weighted by molar-refractivity contribution is 0.0719. The summed E-state index contributed by atoms with van der Waals surface area (Å²) in [5.41, 5.74) is 0.978. The van der Waals surface area contributed by atoms with Gasteiger partial charge in [-0.2, -0.15) is 0 Å². The highest BCUT2D eigenvalue weighted by Crippen LogP contribution is 2.32. The number of halogens is 1. The molecule has 1 saturated heterocycles. The average molecular weight is 273 g/mol. The molecule has 1 fully saturated rings. The zero-order valence-corrected chi connectivity index (χ0v) is 11.3. The Morgan fingerprint density at radius 2 is 2.10 bits per heavy atom. The predicted octanol–water partition coefficient (Wildman–Crippen LogP) is 2.54. The second-order valence-corrected chi connectivity index (χ2v) is 5.07. The number of aromatic nitrogens is 2. The predicted molar refractivity (Wildman–Crippen MR) is 72.6 cm³/mol. The fraction of sp³-hybridized carbons (Fsp3) is 0.333. The van der Waals surface area contributed by atoms with E-state index >= 15 is 0 Å². The largest absolute Gasteiger partial charge is 0.330 e. The van der Waals surface area contributed by atoms with Gasteiger partial charge in [0.25, 0.3) is 5.91 Å². The third kappa shape index (κ3) is 2.19. The summed E-state index contributed by atoms with van der Waals surface area (Å²) in [5, 5.41) is 0. The molecule has 1 aliphatic heterocycles. The fourth-order valence-corrected chi connectivity index (χ4v) is 2.74. The first-order valence-corrected chi connectivity index (χ1v) is 6.70. The molecule has 4 nitrogen and oxygen atoms in total. The van der Waals surface area contributed by atoms with Crippen LogP contribution in [0.1, 0.15) is 35.1 Å². The first-order valence-electron chi connectivity index (χ1n) is 6.70. The summed E-state index contributed by atoms with van der Waals surface area (Å²) in [6.07, 6.45) is 5.24. The first kappa shape index (κ1) is 12.8. The van der Waals surface area contributed by atoms with E-state index in [0.29, 0.717) is 12.4 Å². The molecule has 1 atom stereocenters. The number of carbonyl (C=O) groups excluding carboxylic acids is 1. The molecule has 1 aromatic carbocycles. The van der Waals surface area contributed by atoms with Crippen molar-refractivity contribution in [3.05, 3.63) is 53.9 Å². The number of benzene rings is 1. The Labute approximate surface area is 116 Å². The zero-order chi connectivity index (χ0) is 14.1. The maximum atomic E-state index is 13.0. The molecule has 0 saturated carbocycles. The van der Waals surface area contributed by atoms with E-state index < -0.39 is 0 Å². The van der Waals surface area contributed by atoms with Crippen molar-refractivity contribution in [1.82, 2.24) is 14.5 Å². The van der Waals surface area contributed by atoms with Gasteiger partial charge in [-0.25, -0.2) is 9.37 Å². The molecular weight excluding hydrogens is 257 g/mol. The van der Waals surface area contributed by atoms with Gasteiger partial charge in [0.05, 0.1) is 6.04 Å². The first-order chi connectivity index (χ1) is 9.66. The van der Waals surface area contributed by atoms with Crippen molar-refractivity contribution in [2.75, 3.05) is 6.54 Å². The Morgan fingerprint density at radius 1 is 1.35 bits per heavy atom. The third-order valence-corrected chi connectivity index (χ3v) is 3.78. The number of imidazole rings is 1. The maximum Gasteiger partial charge on any atom is 0.290 e. The van der Waals surface area contributed by atoms with Crippen LogP contribution in [-0.2, 0) is 7.05 Å². The lowest BCUT2D eigenvalue weighted by Gasteiger charge is -2.24. The summed E-state index contributed by atoms with van der Waals surface area (Å²) in [6, 6.07) is 6.40. The Hall–Kier alpha value is -2.17. The van der Waals surface area contributed by atoms with E-state index in [4.69, 9.17) is 0 Å². The normalized spacial score (nSPS) is 18.5. The molecule has 0 radical (unpaired) electrons. The molecule has 5 heteroatoms. The van der Waals surface area contributed by atoms with Crippen molar-refractivity contribution in [3.8, 4) is 0 Å². The van der Waals surface area contributed by atoms with Gasteiger partial charge in [-0.1, -0.05) is 12.1 Å². The smallest absolute Gasteiger partial charge is 0.290 e. The molecule has 0 unspecified atom stereocenters. The zero-order valence-electron chi connectivity index (χ0n) is 11.3. The molecule has 2 aromatic rings. The number of rotatable bonds is 2.